The summed E-state index contributed by atoms with van der Waals surface area (Å²) in [5, 5.41) is 21.7. The number of carboxylic acids is 1. The lowest BCUT2D eigenvalue weighted by atomic mass is 10.1. The lowest BCUT2D eigenvalue weighted by molar-refractivity contribution is -0.380. The van der Waals surface area contributed by atoms with E-state index < -0.39 is 16.8 Å². The van der Waals surface area contributed by atoms with E-state index in [1.54, 1.807) is 24.3 Å². The number of nitrogens with zero attached hydrogens (tertiary/aromatic N) is 1. The first kappa shape index (κ1) is 14.7. The van der Waals surface area contributed by atoms with Crippen molar-refractivity contribution < 1.29 is 19.6 Å². The predicted molar refractivity (Wildman–Crippen MR) is 76.7 cm³/mol. The maximum atomic E-state index is 11.9. The summed E-state index contributed by atoms with van der Waals surface area (Å²) in [6, 6.07) is 9.02. The van der Waals surface area contributed by atoms with Gasteiger partial charge in [0.2, 0.25) is 0 Å². The monoisotopic (exact) mass is 306 g/mol. The van der Waals surface area contributed by atoms with Gasteiger partial charge in [-0.3, -0.25) is 19.7 Å². The summed E-state index contributed by atoms with van der Waals surface area (Å²) in [6.07, 6.45) is -0.0919. The molecule has 0 unspecified atom stereocenters. The van der Waals surface area contributed by atoms with E-state index in [1.807, 2.05) is 0 Å². The number of carbonyl (C=O) groups excluding carboxylic acids is 1. The number of hydrogen-bond acceptors (Lipinski definition) is 5. The third-order valence-electron chi connectivity index (χ3n) is 2.56. The molecule has 1 aromatic heterocycles. The van der Waals surface area contributed by atoms with Crippen molar-refractivity contribution in [1.82, 2.24) is 0 Å². The van der Waals surface area contributed by atoms with Crippen molar-refractivity contribution in [1.29, 1.82) is 0 Å². The maximum Gasteiger partial charge on any atom is 0.324 e. The minimum atomic E-state index is -0.933. The zero-order chi connectivity index (χ0) is 15.4. The van der Waals surface area contributed by atoms with Crippen LogP contribution in [-0.2, 0) is 11.2 Å². The van der Waals surface area contributed by atoms with Gasteiger partial charge in [0.25, 0.3) is 5.91 Å². The molecule has 0 aliphatic rings. The zero-order valence-electron chi connectivity index (χ0n) is 10.6. The minimum absolute atomic E-state index is 0.0919. The van der Waals surface area contributed by atoms with E-state index in [9.17, 15) is 19.7 Å². The number of aliphatic carboxylic acids is 1. The topological polar surface area (TPSA) is 110 Å². The predicted octanol–water partition coefficient (Wildman–Crippen LogP) is 2.54. The average molecular weight is 306 g/mol. The normalized spacial score (nSPS) is 10.1. The Morgan fingerprint density at radius 1 is 1.19 bits per heavy atom. The van der Waals surface area contributed by atoms with Gasteiger partial charge in [-0.15, -0.1) is 0 Å². The van der Waals surface area contributed by atoms with Crippen molar-refractivity contribution in [3.63, 3.8) is 0 Å². The standard InChI is InChI=1S/C13H10N2O5S/c16-12(17)7-8-1-3-9(4-2-8)14-13(18)10-5-6-11(21-10)15(19)20/h1-6H,7H2,(H,14,18)(H,16,17). The Labute approximate surface area is 123 Å². The third-order valence-corrected chi connectivity index (χ3v) is 3.60. The molecule has 1 aromatic carbocycles. The fourth-order valence-corrected chi connectivity index (χ4v) is 2.34. The number of amides is 1. The van der Waals surface area contributed by atoms with E-state index in [4.69, 9.17) is 5.11 Å². The summed E-state index contributed by atoms with van der Waals surface area (Å²) in [5.74, 6) is -1.38. The van der Waals surface area contributed by atoms with Gasteiger partial charge in [-0.25, -0.2) is 0 Å². The van der Waals surface area contributed by atoms with E-state index in [2.05, 4.69) is 5.32 Å². The van der Waals surface area contributed by atoms with Gasteiger partial charge in [0.15, 0.2) is 0 Å². The summed E-state index contributed by atoms with van der Waals surface area (Å²) in [7, 11) is 0. The molecule has 8 heteroatoms. The molecule has 2 N–H and O–H groups in total. The van der Waals surface area contributed by atoms with Crippen LogP contribution in [0.4, 0.5) is 10.7 Å². The van der Waals surface area contributed by atoms with Crippen molar-refractivity contribution >= 4 is 33.9 Å². The highest BCUT2D eigenvalue weighted by Gasteiger charge is 2.15. The van der Waals surface area contributed by atoms with E-state index >= 15 is 0 Å². The quantitative estimate of drug-likeness (QED) is 0.651. The highest BCUT2D eigenvalue weighted by Crippen LogP contribution is 2.24. The molecule has 2 aromatic rings. The zero-order valence-corrected chi connectivity index (χ0v) is 11.4. The van der Waals surface area contributed by atoms with Crippen molar-refractivity contribution in [3.05, 3.63) is 57.0 Å². The van der Waals surface area contributed by atoms with Crippen molar-refractivity contribution in [3.8, 4) is 0 Å². The first-order valence-corrected chi connectivity index (χ1v) is 6.63. The van der Waals surface area contributed by atoms with Gasteiger partial charge in [-0.05, 0) is 23.8 Å². The van der Waals surface area contributed by atoms with Gasteiger partial charge in [0, 0.05) is 11.8 Å². The molecule has 1 heterocycles. The van der Waals surface area contributed by atoms with Crippen LogP contribution < -0.4 is 5.32 Å². The molecular formula is C13H10N2O5S. The Morgan fingerprint density at radius 2 is 1.86 bits per heavy atom. The van der Waals surface area contributed by atoms with E-state index in [-0.39, 0.29) is 16.3 Å². The largest absolute Gasteiger partial charge is 0.481 e. The van der Waals surface area contributed by atoms with E-state index in [0.29, 0.717) is 11.3 Å². The van der Waals surface area contributed by atoms with Crippen LogP contribution in [0.5, 0.6) is 0 Å². The van der Waals surface area contributed by atoms with Crippen molar-refractivity contribution in [2.24, 2.45) is 0 Å². The molecule has 0 saturated carbocycles. The van der Waals surface area contributed by atoms with Crippen LogP contribution in [0.2, 0.25) is 0 Å². The number of nitro groups is 1. The Hall–Kier alpha value is -2.74. The van der Waals surface area contributed by atoms with Gasteiger partial charge in [0.1, 0.15) is 0 Å². The fourth-order valence-electron chi connectivity index (χ4n) is 1.62. The van der Waals surface area contributed by atoms with Crippen LogP contribution in [0.1, 0.15) is 15.2 Å². The van der Waals surface area contributed by atoms with Crippen molar-refractivity contribution in [2.45, 2.75) is 6.42 Å². The van der Waals surface area contributed by atoms with Crippen LogP contribution in [0, 0.1) is 10.1 Å². The van der Waals surface area contributed by atoms with Gasteiger partial charge >= 0.3 is 11.0 Å². The molecule has 0 saturated heterocycles. The number of carboxylic acid groups (broad SMARTS) is 1. The maximum absolute atomic E-state index is 11.9. The Balaban J connectivity index is 2.04. The Kier molecular flexibility index (Phi) is 4.29. The lowest BCUT2D eigenvalue weighted by Crippen LogP contribution is -2.10. The lowest BCUT2D eigenvalue weighted by Gasteiger charge is -2.04. The summed E-state index contributed by atoms with van der Waals surface area (Å²) in [4.78, 5) is 32.7. The molecule has 0 atom stereocenters. The van der Waals surface area contributed by atoms with Gasteiger partial charge in [-0.2, -0.15) is 0 Å². The van der Waals surface area contributed by atoms with Crippen molar-refractivity contribution in [2.75, 3.05) is 5.32 Å². The third kappa shape index (κ3) is 3.86. The number of anilines is 1. The SMILES string of the molecule is O=C(O)Cc1ccc(NC(=O)c2ccc([N+](=O)[O-])s2)cc1. The number of nitrogens with one attached hydrogen (secondary N) is 1. The second kappa shape index (κ2) is 6.14. The number of hydrogen-bond donors (Lipinski definition) is 2. The van der Waals surface area contributed by atoms with E-state index in [1.165, 1.54) is 12.1 Å². The molecule has 1 amide bonds. The first-order valence-electron chi connectivity index (χ1n) is 5.82. The average Bonchev–Trinajstić information content (AvgIpc) is 2.90. The summed E-state index contributed by atoms with van der Waals surface area (Å²) in [5.41, 5.74) is 1.11. The molecule has 0 aliphatic carbocycles. The van der Waals surface area contributed by atoms with Gasteiger partial charge < -0.3 is 10.4 Å². The molecule has 108 valence electrons. The molecule has 0 bridgehead atoms. The van der Waals surface area contributed by atoms with Crippen LogP contribution in [-0.4, -0.2) is 21.9 Å². The highest BCUT2D eigenvalue weighted by atomic mass is 32.1. The summed E-state index contributed by atoms with van der Waals surface area (Å²) >= 11 is 0.791. The number of carbonyl (C=O) groups is 2. The molecule has 21 heavy (non-hydrogen) atoms. The summed E-state index contributed by atoms with van der Waals surface area (Å²) < 4.78 is 0. The Bertz CT molecular complexity index is 693. The summed E-state index contributed by atoms with van der Waals surface area (Å²) in [6.45, 7) is 0. The van der Waals surface area contributed by atoms with Crippen LogP contribution >= 0.6 is 11.3 Å². The fraction of sp³-hybridized carbons (Fsp3) is 0.0769. The smallest absolute Gasteiger partial charge is 0.324 e. The van der Waals surface area contributed by atoms with E-state index in [0.717, 1.165) is 11.3 Å². The Morgan fingerprint density at radius 3 is 2.38 bits per heavy atom. The van der Waals surface area contributed by atoms with Gasteiger partial charge in [-0.1, -0.05) is 23.5 Å². The van der Waals surface area contributed by atoms with Crippen LogP contribution in [0.15, 0.2) is 36.4 Å². The molecule has 0 fully saturated rings. The minimum Gasteiger partial charge on any atom is -0.481 e. The van der Waals surface area contributed by atoms with Gasteiger partial charge in [0.05, 0.1) is 16.2 Å². The van der Waals surface area contributed by atoms with Crippen LogP contribution in [0.3, 0.4) is 0 Å². The number of thiophene rings is 1. The number of benzene rings is 1. The second-order valence-electron chi connectivity index (χ2n) is 4.12. The highest BCUT2D eigenvalue weighted by molar-refractivity contribution is 7.17. The molecule has 2 rings (SSSR count). The second-order valence-corrected chi connectivity index (χ2v) is 5.18. The van der Waals surface area contributed by atoms with Crippen LogP contribution in [0.25, 0.3) is 0 Å². The molecule has 0 aliphatic heterocycles. The number of rotatable bonds is 5. The molecule has 0 radical (unpaired) electrons. The molecule has 7 nitrogen and oxygen atoms in total. The molecule has 0 spiro atoms. The molecular weight excluding hydrogens is 296 g/mol. The first-order chi connectivity index (χ1) is 9.95.